The van der Waals surface area contributed by atoms with Crippen LogP contribution in [0.4, 0.5) is 34.1 Å². The number of hydrogen-bond donors (Lipinski definition) is 0. The van der Waals surface area contributed by atoms with Gasteiger partial charge < -0.3 is 14.2 Å². The van der Waals surface area contributed by atoms with Crippen molar-refractivity contribution in [2.24, 2.45) is 0 Å². The maximum atomic E-state index is 6.89. The molecule has 0 radical (unpaired) electrons. The number of anilines is 6. The van der Waals surface area contributed by atoms with Crippen LogP contribution in [0.25, 0.3) is 66.4 Å². The highest BCUT2D eigenvalue weighted by atomic mass is 16.3. The molecule has 1 heterocycles. The Balaban J connectivity index is 0.886. The van der Waals surface area contributed by atoms with E-state index in [0.717, 1.165) is 63.9 Å². The van der Waals surface area contributed by atoms with Crippen LogP contribution in [0.3, 0.4) is 0 Å². The highest BCUT2D eigenvalue weighted by Crippen LogP contribution is 2.46. The van der Waals surface area contributed by atoms with Crippen LogP contribution in [0.5, 0.6) is 0 Å². The van der Waals surface area contributed by atoms with Gasteiger partial charge in [-0.25, -0.2) is 0 Å². The number of benzene rings is 10. The third-order valence-electron chi connectivity index (χ3n) is 13.0. The van der Waals surface area contributed by atoms with Crippen molar-refractivity contribution >= 4 is 55.9 Å². The topological polar surface area (TPSA) is 19.6 Å². The molecule has 0 amide bonds. The SMILES string of the molecule is c1ccc(-c2cccc(N(c3ccccc3)c3ccc(-c4cccc5ccc(-c6ccc(N(c7ccccc7)c7cccc8c9c(oc78)-c7ccccc7CC9)cc6)cc45)cc3)c2)cc1. The van der Waals surface area contributed by atoms with Crippen molar-refractivity contribution in [3.63, 3.8) is 0 Å². The number of furan rings is 1. The van der Waals surface area contributed by atoms with Crippen LogP contribution in [-0.4, -0.2) is 0 Å². The Kier molecular flexibility index (Phi) is 9.65. The van der Waals surface area contributed by atoms with Gasteiger partial charge in [-0.3, -0.25) is 0 Å². The van der Waals surface area contributed by atoms with Gasteiger partial charge in [-0.15, -0.1) is 0 Å². The Morgan fingerprint density at radius 1 is 0.323 bits per heavy atom. The van der Waals surface area contributed by atoms with Crippen molar-refractivity contribution in [3.8, 4) is 44.7 Å². The van der Waals surface area contributed by atoms with Crippen LogP contribution in [0.15, 0.2) is 247 Å². The maximum Gasteiger partial charge on any atom is 0.159 e. The molecule has 0 fully saturated rings. The number of aryl methyl sites for hydroxylation is 2. The van der Waals surface area contributed by atoms with E-state index in [1.807, 2.05) is 0 Å². The lowest BCUT2D eigenvalue weighted by molar-refractivity contribution is 0.621. The normalized spacial score (nSPS) is 11.9. The molecule has 1 aliphatic rings. The van der Waals surface area contributed by atoms with Crippen LogP contribution in [0.1, 0.15) is 11.1 Å². The van der Waals surface area contributed by atoms with E-state index in [0.29, 0.717) is 0 Å². The summed E-state index contributed by atoms with van der Waals surface area (Å²) in [5.74, 6) is 1.00. The minimum absolute atomic E-state index is 0.919. The zero-order chi connectivity index (χ0) is 43.1. The molecule has 3 nitrogen and oxygen atoms in total. The zero-order valence-electron chi connectivity index (χ0n) is 35.8. The summed E-state index contributed by atoms with van der Waals surface area (Å²) < 4.78 is 6.89. The minimum atomic E-state index is 0.919. The highest BCUT2D eigenvalue weighted by molar-refractivity contribution is 6.01. The van der Waals surface area contributed by atoms with Crippen molar-refractivity contribution in [2.75, 3.05) is 9.80 Å². The molecule has 3 heteroatoms. The van der Waals surface area contributed by atoms with Crippen molar-refractivity contribution < 1.29 is 4.42 Å². The van der Waals surface area contributed by atoms with Gasteiger partial charge in [0.2, 0.25) is 0 Å². The van der Waals surface area contributed by atoms with E-state index in [1.54, 1.807) is 0 Å². The van der Waals surface area contributed by atoms with Gasteiger partial charge in [-0.05, 0) is 135 Å². The third-order valence-corrected chi connectivity index (χ3v) is 13.0. The second-order valence-corrected chi connectivity index (χ2v) is 16.8. The average molecular weight is 833 g/mol. The van der Waals surface area contributed by atoms with Gasteiger partial charge in [0.1, 0.15) is 5.76 Å². The molecule has 0 spiro atoms. The summed E-state index contributed by atoms with van der Waals surface area (Å²) in [7, 11) is 0. The zero-order valence-corrected chi connectivity index (χ0v) is 35.8. The van der Waals surface area contributed by atoms with Crippen molar-refractivity contribution in [3.05, 3.63) is 254 Å². The molecule has 1 aliphatic carbocycles. The summed E-state index contributed by atoms with van der Waals surface area (Å²) in [5.41, 5.74) is 18.4. The van der Waals surface area contributed by atoms with Gasteiger partial charge in [0, 0.05) is 45.0 Å². The minimum Gasteiger partial charge on any atom is -0.454 e. The number of fused-ring (bicyclic) bond motifs is 6. The van der Waals surface area contributed by atoms with Crippen LogP contribution in [0.2, 0.25) is 0 Å². The summed E-state index contributed by atoms with van der Waals surface area (Å²) in [6, 6.07) is 87.3. The van der Waals surface area contributed by atoms with Crippen LogP contribution in [0, 0.1) is 0 Å². The van der Waals surface area contributed by atoms with Gasteiger partial charge in [-0.2, -0.15) is 0 Å². The first-order valence-corrected chi connectivity index (χ1v) is 22.5. The van der Waals surface area contributed by atoms with Crippen LogP contribution >= 0.6 is 0 Å². The predicted octanol–water partition coefficient (Wildman–Crippen LogP) is 17.3. The Bertz CT molecular complexity index is 3470. The number of hydrogen-bond acceptors (Lipinski definition) is 3. The van der Waals surface area contributed by atoms with Gasteiger partial charge in [0.05, 0.1) is 5.69 Å². The molecule has 0 atom stereocenters. The fourth-order valence-corrected chi connectivity index (χ4v) is 9.80. The quantitative estimate of drug-likeness (QED) is 0.144. The van der Waals surface area contributed by atoms with E-state index < -0.39 is 0 Å². The van der Waals surface area contributed by atoms with Gasteiger partial charge in [0.15, 0.2) is 5.58 Å². The molecule has 10 aromatic carbocycles. The molecule has 65 heavy (non-hydrogen) atoms. The molecule has 1 aromatic heterocycles. The molecule has 0 saturated heterocycles. The Hall–Kier alpha value is -8.40. The van der Waals surface area contributed by atoms with Gasteiger partial charge in [0.25, 0.3) is 0 Å². The number of nitrogens with zero attached hydrogens (tertiary/aromatic N) is 2. The van der Waals surface area contributed by atoms with Gasteiger partial charge in [-0.1, -0.05) is 170 Å². The van der Waals surface area contributed by atoms with E-state index in [1.165, 1.54) is 60.7 Å². The molecule has 0 bridgehead atoms. The lowest BCUT2D eigenvalue weighted by Crippen LogP contribution is -2.10. The Morgan fingerprint density at radius 2 is 0.862 bits per heavy atom. The fourth-order valence-electron chi connectivity index (χ4n) is 9.80. The molecule has 0 saturated carbocycles. The first-order valence-electron chi connectivity index (χ1n) is 22.5. The summed E-state index contributed by atoms with van der Waals surface area (Å²) in [6.07, 6.45) is 1.99. The van der Waals surface area contributed by atoms with E-state index >= 15 is 0 Å². The van der Waals surface area contributed by atoms with Crippen molar-refractivity contribution in [2.45, 2.75) is 12.8 Å². The molecular formula is C62H44N2O. The Morgan fingerprint density at radius 3 is 1.63 bits per heavy atom. The summed E-state index contributed by atoms with van der Waals surface area (Å²) in [4.78, 5) is 4.66. The second kappa shape index (κ2) is 16.4. The smallest absolute Gasteiger partial charge is 0.159 e. The molecule has 0 aliphatic heterocycles. The van der Waals surface area contributed by atoms with Gasteiger partial charge >= 0.3 is 0 Å². The lowest BCUT2D eigenvalue weighted by Gasteiger charge is -2.26. The summed E-state index contributed by atoms with van der Waals surface area (Å²) in [6.45, 7) is 0. The van der Waals surface area contributed by atoms with E-state index in [2.05, 4.69) is 252 Å². The molecule has 0 N–H and O–H groups in total. The van der Waals surface area contributed by atoms with Crippen molar-refractivity contribution in [1.29, 1.82) is 0 Å². The van der Waals surface area contributed by atoms with E-state index in [4.69, 9.17) is 4.42 Å². The third kappa shape index (κ3) is 7.04. The number of para-hydroxylation sites is 3. The van der Waals surface area contributed by atoms with Crippen molar-refractivity contribution in [1.82, 2.24) is 0 Å². The largest absolute Gasteiger partial charge is 0.454 e. The van der Waals surface area contributed by atoms with Crippen LogP contribution in [-0.2, 0) is 12.8 Å². The Labute approximate surface area is 379 Å². The fraction of sp³-hybridized carbons (Fsp3) is 0.0323. The maximum absolute atomic E-state index is 6.89. The molecule has 11 aromatic rings. The second-order valence-electron chi connectivity index (χ2n) is 16.8. The first kappa shape index (κ1) is 38.3. The monoisotopic (exact) mass is 832 g/mol. The van der Waals surface area contributed by atoms with E-state index in [9.17, 15) is 0 Å². The summed E-state index contributed by atoms with van der Waals surface area (Å²) >= 11 is 0. The number of rotatable bonds is 9. The average Bonchev–Trinajstić information content (AvgIpc) is 3.78. The first-order chi connectivity index (χ1) is 32.2. The highest BCUT2D eigenvalue weighted by Gasteiger charge is 2.26. The molecule has 0 unspecified atom stereocenters. The predicted molar refractivity (Wildman–Crippen MR) is 272 cm³/mol. The lowest BCUT2D eigenvalue weighted by atomic mass is 9.89. The summed E-state index contributed by atoms with van der Waals surface area (Å²) in [5, 5.41) is 3.62. The van der Waals surface area contributed by atoms with E-state index in [-0.39, 0.29) is 0 Å². The molecular weight excluding hydrogens is 789 g/mol. The standard InChI is InChI=1S/C62H44N2O/c1-4-15-43(16-5-1)48-19-12-24-54(41-48)63(50-20-6-2-7-21-50)52-38-33-47(34-39-52)55-26-13-18-46-29-30-49(42-59(46)55)44-31-36-53(37-32-44)64(51-22-8-3-9-23-51)60-28-14-27-57-58-40-35-45-17-10-11-25-56(45)61(58)65-62(57)60/h1-34,36-39,41-42H,35,40H2. The molecule has 308 valence electrons. The molecule has 12 rings (SSSR count). The van der Waals surface area contributed by atoms with Crippen LogP contribution < -0.4 is 9.80 Å².